The molecule has 0 radical (unpaired) electrons. The van der Waals surface area contributed by atoms with Crippen LogP contribution in [0.5, 0.6) is 5.75 Å². The van der Waals surface area contributed by atoms with Crippen LogP contribution < -0.4 is 15.0 Å². The van der Waals surface area contributed by atoms with E-state index >= 15 is 0 Å². The number of carbonyl (C=O) groups is 2. The van der Waals surface area contributed by atoms with Crippen molar-refractivity contribution >= 4 is 17.5 Å². The zero-order valence-corrected chi connectivity index (χ0v) is 18.3. The van der Waals surface area contributed by atoms with Gasteiger partial charge in [0.1, 0.15) is 5.75 Å². The van der Waals surface area contributed by atoms with E-state index in [9.17, 15) is 9.59 Å². The summed E-state index contributed by atoms with van der Waals surface area (Å²) in [6.45, 7) is 12.6. The highest BCUT2D eigenvalue weighted by Gasteiger charge is 2.15. The zero-order chi connectivity index (χ0) is 21.6. The largest absolute Gasteiger partial charge is 0.491 e. The number of nitrogens with zero attached hydrogens (tertiary/aromatic N) is 1. The number of ether oxygens (including phenoxy) is 1. The van der Waals surface area contributed by atoms with Crippen molar-refractivity contribution in [2.24, 2.45) is 0 Å². The first-order valence-corrected chi connectivity index (χ1v) is 10.0. The molecule has 2 rings (SSSR count). The van der Waals surface area contributed by atoms with Gasteiger partial charge in [0.15, 0.2) is 0 Å². The van der Waals surface area contributed by atoms with E-state index < -0.39 is 0 Å². The predicted octanol–water partition coefficient (Wildman–Crippen LogP) is 4.55. The van der Waals surface area contributed by atoms with Crippen LogP contribution >= 0.6 is 0 Å². The number of benzene rings is 2. The molecular formula is C24H32N2O3. The van der Waals surface area contributed by atoms with Gasteiger partial charge in [-0.3, -0.25) is 9.59 Å². The van der Waals surface area contributed by atoms with E-state index in [-0.39, 0.29) is 23.3 Å². The summed E-state index contributed by atoms with van der Waals surface area (Å²) in [5.41, 5.74) is 2.62. The fourth-order valence-electron chi connectivity index (χ4n) is 2.95. The first-order chi connectivity index (χ1) is 13.6. The second-order valence-corrected chi connectivity index (χ2v) is 8.41. The molecular weight excluding hydrogens is 364 g/mol. The van der Waals surface area contributed by atoms with Gasteiger partial charge in [0, 0.05) is 31.3 Å². The van der Waals surface area contributed by atoms with Crippen LogP contribution in [0.2, 0.25) is 0 Å². The molecule has 2 amide bonds. The van der Waals surface area contributed by atoms with Crippen LogP contribution in [0.25, 0.3) is 0 Å². The summed E-state index contributed by atoms with van der Waals surface area (Å²) in [7, 11) is 0. The van der Waals surface area contributed by atoms with Crippen molar-refractivity contribution in [1.82, 2.24) is 5.32 Å². The molecule has 5 heteroatoms. The number of anilines is 1. The molecule has 156 valence electrons. The summed E-state index contributed by atoms with van der Waals surface area (Å²) in [5, 5.41) is 2.89. The second kappa shape index (κ2) is 9.59. The third kappa shape index (κ3) is 6.63. The van der Waals surface area contributed by atoms with E-state index in [2.05, 4.69) is 26.1 Å². The molecule has 2 aromatic rings. The summed E-state index contributed by atoms with van der Waals surface area (Å²) in [6, 6.07) is 15.0. The number of rotatable bonds is 7. The molecule has 0 heterocycles. The maximum absolute atomic E-state index is 12.4. The van der Waals surface area contributed by atoms with Gasteiger partial charge in [-0.1, -0.05) is 32.9 Å². The summed E-state index contributed by atoms with van der Waals surface area (Å²) < 4.78 is 5.64. The Kier molecular flexibility index (Phi) is 7.43. The quantitative estimate of drug-likeness (QED) is 0.747. The van der Waals surface area contributed by atoms with Crippen molar-refractivity contribution in [2.45, 2.75) is 53.1 Å². The van der Waals surface area contributed by atoms with E-state index in [0.717, 1.165) is 11.4 Å². The lowest BCUT2D eigenvalue weighted by molar-refractivity contribution is -0.116. The summed E-state index contributed by atoms with van der Waals surface area (Å²) >= 11 is 0. The van der Waals surface area contributed by atoms with Gasteiger partial charge in [-0.2, -0.15) is 0 Å². The molecule has 0 bridgehead atoms. The van der Waals surface area contributed by atoms with Crippen molar-refractivity contribution in [3.63, 3.8) is 0 Å². The molecule has 0 fully saturated rings. The molecule has 0 saturated carbocycles. The average Bonchev–Trinajstić information content (AvgIpc) is 2.64. The van der Waals surface area contributed by atoms with Gasteiger partial charge in [0.2, 0.25) is 5.91 Å². The Bertz CT molecular complexity index is 819. The average molecular weight is 397 g/mol. The van der Waals surface area contributed by atoms with Crippen LogP contribution in [-0.2, 0) is 10.2 Å². The number of carbonyl (C=O) groups excluding carboxylic acids is 2. The Morgan fingerprint density at radius 1 is 1.00 bits per heavy atom. The molecule has 5 nitrogen and oxygen atoms in total. The Hall–Kier alpha value is -2.82. The Labute approximate surface area is 174 Å². The van der Waals surface area contributed by atoms with Gasteiger partial charge in [0.25, 0.3) is 5.91 Å². The molecule has 29 heavy (non-hydrogen) atoms. The summed E-state index contributed by atoms with van der Waals surface area (Å²) in [6.07, 6.45) is 0.0948. The van der Waals surface area contributed by atoms with Crippen LogP contribution in [0.1, 0.15) is 57.5 Å². The maximum Gasteiger partial charge on any atom is 0.251 e. The molecule has 0 aliphatic carbocycles. The third-order valence-corrected chi connectivity index (χ3v) is 4.53. The third-order valence-electron chi connectivity index (χ3n) is 4.53. The Morgan fingerprint density at radius 3 is 2.07 bits per heavy atom. The minimum absolute atomic E-state index is 0.0484. The monoisotopic (exact) mass is 396 g/mol. The summed E-state index contributed by atoms with van der Waals surface area (Å²) in [5.74, 6) is 0.542. The lowest BCUT2D eigenvalue weighted by atomic mass is 9.87. The molecule has 0 aliphatic rings. The smallest absolute Gasteiger partial charge is 0.251 e. The highest BCUT2D eigenvalue weighted by molar-refractivity contribution is 5.94. The Morgan fingerprint density at radius 2 is 1.59 bits per heavy atom. The van der Waals surface area contributed by atoms with Gasteiger partial charge in [-0.05, 0) is 61.2 Å². The maximum atomic E-state index is 12.4. The molecule has 0 aliphatic heterocycles. The number of nitrogens with one attached hydrogen (secondary N) is 1. The first kappa shape index (κ1) is 22.5. The SMILES string of the molecule is CC(=O)N(CCNC(=O)c1ccc(C(C)(C)C)cc1)c1ccc(OC(C)C)cc1. The molecule has 0 atom stereocenters. The van der Waals surface area contributed by atoms with E-state index in [1.807, 2.05) is 62.4 Å². The topological polar surface area (TPSA) is 58.6 Å². The lowest BCUT2D eigenvalue weighted by Gasteiger charge is -2.22. The van der Waals surface area contributed by atoms with Crippen molar-refractivity contribution in [3.8, 4) is 5.75 Å². The molecule has 0 saturated heterocycles. The van der Waals surface area contributed by atoms with Crippen molar-refractivity contribution < 1.29 is 14.3 Å². The molecule has 2 aromatic carbocycles. The van der Waals surface area contributed by atoms with Gasteiger partial charge in [-0.25, -0.2) is 0 Å². The van der Waals surface area contributed by atoms with E-state index in [4.69, 9.17) is 4.74 Å². The molecule has 0 aromatic heterocycles. The Balaban J connectivity index is 1.95. The van der Waals surface area contributed by atoms with Crippen LogP contribution in [0.15, 0.2) is 48.5 Å². The molecule has 0 unspecified atom stereocenters. The van der Waals surface area contributed by atoms with Crippen LogP contribution in [0.4, 0.5) is 5.69 Å². The summed E-state index contributed by atoms with van der Waals surface area (Å²) in [4.78, 5) is 26.1. The van der Waals surface area contributed by atoms with E-state index in [0.29, 0.717) is 18.7 Å². The van der Waals surface area contributed by atoms with Gasteiger partial charge >= 0.3 is 0 Å². The lowest BCUT2D eigenvalue weighted by Crippen LogP contribution is -2.37. The fourth-order valence-corrected chi connectivity index (χ4v) is 2.95. The van der Waals surface area contributed by atoms with Crippen molar-refractivity contribution in [3.05, 3.63) is 59.7 Å². The van der Waals surface area contributed by atoms with Crippen LogP contribution in [-0.4, -0.2) is 31.0 Å². The first-order valence-electron chi connectivity index (χ1n) is 10.0. The highest BCUT2D eigenvalue weighted by Crippen LogP contribution is 2.22. The minimum atomic E-state index is -0.144. The number of amides is 2. The normalized spacial score (nSPS) is 11.3. The fraction of sp³-hybridized carbons (Fsp3) is 0.417. The van der Waals surface area contributed by atoms with E-state index in [1.54, 1.807) is 4.90 Å². The minimum Gasteiger partial charge on any atom is -0.491 e. The number of hydrogen-bond acceptors (Lipinski definition) is 3. The molecule has 0 spiro atoms. The molecule has 1 N–H and O–H groups in total. The second-order valence-electron chi connectivity index (χ2n) is 8.41. The van der Waals surface area contributed by atoms with Gasteiger partial charge < -0.3 is 15.0 Å². The van der Waals surface area contributed by atoms with Crippen molar-refractivity contribution in [1.29, 1.82) is 0 Å². The zero-order valence-electron chi connectivity index (χ0n) is 18.3. The number of hydrogen-bond donors (Lipinski definition) is 1. The standard InChI is InChI=1S/C24H32N2O3/c1-17(2)29-22-13-11-21(12-14-22)26(18(3)27)16-15-25-23(28)19-7-9-20(10-8-19)24(4,5)6/h7-14,17H,15-16H2,1-6H3,(H,25,28). The van der Waals surface area contributed by atoms with Gasteiger partial charge in [-0.15, -0.1) is 0 Å². The van der Waals surface area contributed by atoms with Crippen molar-refractivity contribution in [2.75, 3.05) is 18.0 Å². The highest BCUT2D eigenvalue weighted by atomic mass is 16.5. The van der Waals surface area contributed by atoms with Crippen LogP contribution in [0.3, 0.4) is 0 Å². The predicted molar refractivity (Wildman–Crippen MR) is 118 cm³/mol. The van der Waals surface area contributed by atoms with E-state index in [1.165, 1.54) is 12.5 Å². The van der Waals surface area contributed by atoms with Crippen LogP contribution in [0, 0.1) is 0 Å². The van der Waals surface area contributed by atoms with Gasteiger partial charge in [0.05, 0.1) is 6.10 Å².